The lowest BCUT2D eigenvalue weighted by atomic mass is 9.99. The first kappa shape index (κ1) is 32.6. The van der Waals surface area contributed by atoms with Crippen molar-refractivity contribution in [2.75, 3.05) is 25.5 Å². The molecule has 9 heteroatoms. The Morgan fingerprint density at radius 3 is 2.34 bits per heavy atom. The fraction of sp³-hybridized carbons (Fsp3) is 0.368. The van der Waals surface area contributed by atoms with Gasteiger partial charge in [-0.25, -0.2) is 0 Å². The van der Waals surface area contributed by atoms with E-state index in [1.165, 1.54) is 43.9 Å². The van der Waals surface area contributed by atoms with Gasteiger partial charge in [-0.1, -0.05) is 37.1 Å². The number of ether oxygens (including phenoxy) is 1. The summed E-state index contributed by atoms with van der Waals surface area (Å²) in [7, 11) is 1.64. The van der Waals surface area contributed by atoms with E-state index in [4.69, 9.17) is 4.74 Å². The molecule has 6 rings (SSSR count). The fourth-order valence-electron chi connectivity index (χ4n) is 6.88. The Hall–Kier alpha value is -4.37. The molecule has 1 saturated heterocycles. The van der Waals surface area contributed by atoms with Gasteiger partial charge in [-0.15, -0.1) is 0 Å². The predicted molar refractivity (Wildman–Crippen MR) is 181 cm³/mol. The lowest BCUT2D eigenvalue weighted by Gasteiger charge is -2.40. The molecular formula is C38H41F3N4O2. The maximum atomic E-state index is 13.7. The maximum absolute atomic E-state index is 13.7. The van der Waals surface area contributed by atoms with E-state index in [0.29, 0.717) is 18.2 Å². The summed E-state index contributed by atoms with van der Waals surface area (Å²) in [4.78, 5) is 22.9. The highest BCUT2D eigenvalue weighted by atomic mass is 19.4. The summed E-state index contributed by atoms with van der Waals surface area (Å²) in [5, 5.41) is 4.48. The van der Waals surface area contributed by atoms with Crippen LogP contribution in [0.1, 0.15) is 60.9 Å². The number of piperidine rings is 1. The van der Waals surface area contributed by atoms with E-state index in [-0.39, 0.29) is 11.9 Å². The van der Waals surface area contributed by atoms with Gasteiger partial charge >= 0.3 is 6.18 Å². The van der Waals surface area contributed by atoms with Gasteiger partial charge in [0.15, 0.2) is 0 Å². The van der Waals surface area contributed by atoms with Crippen LogP contribution < -0.4 is 10.1 Å². The van der Waals surface area contributed by atoms with Gasteiger partial charge in [-0.3, -0.25) is 9.78 Å². The smallest absolute Gasteiger partial charge is 0.416 e. The molecule has 1 amide bonds. The number of benzene rings is 3. The Morgan fingerprint density at radius 1 is 0.979 bits per heavy atom. The number of alkyl halides is 3. The number of pyridine rings is 1. The molecular weight excluding hydrogens is 601 g/mol. The standard InChI is InChI=1S/C38H41F3N4O2/c1-26-23-36(34-24-33(47-2)16-17-35(34)42-26)43-30-14-9-28(10-15-30)25-45(32-19-21-44(22-20-32)31-5-3-4-6-31)37(46)18-11-27-7-12-29(13-8-27)38(39,40)41/h7-18,23-24,31-32H,3-6,19-22,25H2,1-2H3,(H,42,43). The number of hydrogen-bond donors (Lipinski definition) is 1. The highest BCUT2D eigenvalue weighted by Crippen LogP contribution is 2.32. The summed E-state index contributed by atoms with van der Waals surface area (Å²) in [6, 6.07) is 21.5. The predicted octanol–water partition coefficient (Wildman–Crippen LogP) is 8.76. The minimum absolute atomic E-state index is 0.0800. The van der Waals surface area contributed by atoms with E-state index in [1.807, 2.05) is 60.4 Å². The van der Waals surface area contributed by atoms with Crippen LogP contribution in [0.3, 0.4) is 0 Å². The Kier molecular flexibility index (Phi) is 9.82. The van der Waals surface area contributed by atoms with Crippen molar-refractivity contribution in [3.05, 3.63) is 101 Å². The Balaban J connectivity index is 1.18. The highest BCUT2D eigenvalue weighted by molar-refractivity contribution is 5.94. The molecule has 3 aromatic carbocycles. The number of aryl methyl sites for hydroxylation is 1. The number of nitrogens with one attached hydrogen (secondary N) is 1. The Bertz CT molecular complexity index is 1710. The van der Waals surface area contributed by atoms with Crippen molar-refractivity contribution >= 4 is 34.3 Å². The molecule has 47 heavy (non-hydrogen) atoms. The summed E-state index contributed by atoms with van der Waals surface area (Å²) in [5.41, 5.74) is 4.46. The molecule has 1 aliphatic heterocycles. The average molecular weight is 643 g/mol. The van der Waals surface area contributed by atoms with Gasteiger partial charge < -0.3 is 19.9 Å². The number of nitrogens with zero attached hydrogens (tertiary/aromatic N) is 3. The minimum Gasteiger partial charge on any atom is -0.497 e. The van der Waals surface area contributed by atoms with Crippen LogP contribution in [-0.2, 0) is 17.5 Å². The van der Waals surface area contributed by atoms with E-state index in [1.54, 1.807) is 13.2 Å². The van der Waals surface area contributed by atoms with Crippen LogP contribution in [-0.4, -0.2) is 53.0 Å². The normalized spacial score (nSPS) is 16.6. The molecule has 0 unspecified atom stereocenters. The van der Waals surface area contributed by atoms with Crippen molar-refractivity contribution in [2.24, 2.45) is 0 Å². The number of carbonyl (C=O) groups is 1. The van der Waals surface area contributed by atoms with Gasteiger partial charge in [-0.2, -0.15) is 13.2 Å². The highest BCUT2D eigenvalue weighted by Gasteiger charge is 2.32. The van der Waals surface area contributed by atoms with Gasteiger partial charge in [0.25, 0.3) is 0 Å². The zero-order chi connectivity index (χ0) is 33.0. The molecule has 6 nitrogen and oxygen atoms in total. The molecule has 4 aromatic rings. The molecule has 246 valence electrons. The van der Waals surface area contributed by atoms with Crippen molar-refractivity contribution in [1.82, 2.24) is 14.8 Å². The second-order valence-corrected chi connectivity index (χ2v) is 12.6. The monoisotopic (exact) mass is 642 g/mol. The fourth-order valence-corrected chi connectivity index (χ4v) is 6.88. The molecule has 1 aliphatic carbocycles. The van der Waals surface area contributed by atoms with Crippen molar-refractivity contribution in [3.63, 3.8) is 0 Å². The minimum atomic E-state index is -4.40. The Morgan fingerprint density at radius 2 is 1.68 bits per heavy atom. The summed E-state index contributed by atoms with van der Waals surface area (Å²) >= 11 is 0. The van der Waals surface area contributed by atoms with Gasteiger partial charge in [0.2, 0.25) is 5.91 Å². The first-order valence-electron chi connectivity index (χ1n) is 16.4. The quantitative estimate of drug-likeness (QED) is 0.185. The first-order valence-corrected chi connectivity index (χ1v) is 16.4. The molecule has 0 atom stereocenters. The number of hydrogen-bond acceptors (Lipinski definition) is 5. The van der Waals surface area contributed by atoms with Crippen LogP contribution >= 0.6 is 0 Å². The first-order chi connectivity index (χ1) is 22.7. The zero-order valence-corrected chi connectivity index (χ0v) is 26.9. The van der Waals surface area contributed by atoms with Crippen molar-refractivity contribution in [3.8, 4) is 5.75 Å². The van der Waals surface area contributed by atoms with Gasteiger partial charge in [0.05, 0.1) is 18.2 Å². The summed E-state index contributed by atoms with van der Waals surface area (Å²) in [5.74, 6) is 0.617. The van der Waals surface area contributed by atoms with E-state index in [9.17, 15) is 18.0 Å². The molecule has 1 saturated carbocycles. The van der Waals surface area contributed by atoms with Gasteiger partial charge in [0, 0.05) is 60.2 Å². The van der Waals surface area contributed by atoms with Crippen LogP contribution in [0.4, 0.5) is 24.5 Å². The number of amides is 1. The third kappa shape index (κ3) is 7.96. The number of fused-ring (bicyclic) bond motifs is 1. The topological polar surface area (TPSA) is 57.7 Å². The van der Waals surface area contributed by atoms with E-state index >= 15 is 0 Å². The number of anilines is 2. The third-order valence-corrected chi connectivity index (χ3v) is 9.45. The van der Waals surface area contributed by atoms with Gasteiger partial charge in [0.1, 0.15) is 5.75 Å². The summed E-state index contributed by atoms with van der Waals surface area (Å²) < 4.78 is 44.5. The molecule has 0 radical (unpaired) electrons. The number of aromatic nitrogens is 1. The maximum Gasteiger partial charge on any atom is 0.416 e. The number of halogens is 3. The summed E-state index contributed by atoms with van der Waals surface area (Å²) in [6.07, 6.45) is 5.59. The second kappa shape index (κ2) is 14.2. The molecule has 1 N–H and O–H groups in total. The van der Waals surface area contributed by atoms with Crippen molar-refractivity contribution in [1.29, 1.82) is 0 Å². The van der Waals surface area contributed by atoms with Crippen LogP contribution in [0.5, 0.6) is 5.75 Å². The number of likely N-dealkylation sites (tertiary alicyclic amines) is 1. The molecule has 2 fully saturated rings. The Labute approximate surface area is 274 Å². The van der Waals surface area contributed by atoms with E-state index in [0.717, 1.165) is 77.3 Å². The van der Waals surface area contributed by atoms with E-state index < -0.39 is 11.7 Å². The largest absolute Gasteiger partial charge is 0.497 e. The van der Waals surface area contributed by atoms with Crippen LogP contribution in [0.2, 0.25) is 0 Å². The molecule has 2 aliphatic rings. The SMILES string of the molecule is COc1ccc2nc(C)cc(Nc3ccc(CN(C(=O)C=Cc4ccc(C(F)(F)F)cc4)C4CCN(C5CCCC5)CC4)cc3)c2c1. The van der Waals surface area contributed by atoms with Gasteiger partial charge in [-0.05, 0) is 98.3 Å². The van der Waals surface area contributed by atoms with Crippen LogP contribution in [0.25, 0.3) is 17.0 Å². The summed E-state index contributed by atoms with van der Waals surface area (Å²) in [6.45, 7) is 4.34. The molecule has 0 spiro atoms. The van der Waals surface area contributed by atoms with Crippen LogP contribution in [0.15, 0.2) is 78.9 Å². The second-order valence-electron chi connectivity index (χ2n) is 12.6. The number of methoxy groups -OCH3 is 1. The number of rotatable bonds is 9. The molecule has 0 bridgehead atoms. The number of carbonyl (C=O) groups excluding carboxylic acids is 1. The van der Waals surface area contributed by atoms with E-state index in [2.05, 4.69) is 15.2 Å². The molecule has 2 heterocycles. The molecule has 1 aromatic heterocycles. The van der Waals surface area contributed by atoms with Crippen LogP contribution in [0, 0.1) is 6.92 Å². The van der Waals surface area contributed by atoms with Crippen molar-refractivity contribution in [2.45, 2.75) is 70.3 Å². The van der Waals surface area contributed by atoms with Crippen molar-refractivity contribution < 1.29 is 22.7 Å². The zero-order valence-electron chi connectivity index (χ0n) is 26.9. The lowest BCUT2D eigenvalue weighted by molar-refractivity contribution is -0.137. The average Bonchev–Trinajstić information content (AvgIpc) is 3.62. The third-order valence-electron chi connectivity index (χ3n) is 9.45. The lowest BCUT2D eigenvalue weighted by Crippen LogP contribution is -2.48.